The van der Waals surface area contributed by atoms with Crippen molar-refractivity contribution >= 4 is 35.2 Å². The van der Waals surface area contributed by atoms with Crippen molar-refractivity contribution in [1.82, 2.24) is 15.2 Å². The maximum absolute atomic E-state index is 10.7. The summed E-state index contributed by atoms with van der Waals surface area (Å²) in [4.78, 5) is 16.1. The Kier molecular flexibility index (Phi) is 5.94. The number of nitrogens with zero attached hydrogens (tertiary/aromatic N) is 2. The van der Waals surface area contributed by atoms with Gasteiger partial charge < -0.3 is 5.11 Å². The molecule has 9 heteroatoms. The van der Waals surface area contributed by atoms with Gasteiger partial charge in [-0.05, 0) is 35.6 Å². The van der Waals surface area contributed by atoms with Crippen molar-refractivity contribution in [2.24, 2.45) is 0 Å². The number of carboxylic acid groups (broad SMARTS) is 1. The molecular formula is C17H17N4O3S2+. The molecule has 0 aliphatic rings. The van der Waals surface area contributed by atoms with Crippen LogP contribution in [-0.2, 0) is 4.79 Å². The maximum Gasteiger partial charge on any atom is 0.313 e. The van der Waals surface area contributed by atoms with Gasteiger partial charge in [-0.2, -0.15) is 5.48 Å². The largest absolute Gasteiger partial charge is 0.481 e. The van der Waals surface area contributed by atoms with Gasteiger partial charge in [-0.25, -0.2) is 10.2 Å². The summed E-state index contributed by atoms with van der Waals surface area (Å²) in [5.41, 5.74) is 4.41. The molecule has 0 fully saturated rings. The molecule has 1 heterocycles. The molecular weight excluding hydrogens is 372 g/mol. The Bertz CT molecular complexity index is 930. The highest BCUT2D eigenvalue weighted by molar-refractivity contribution is 7.99. The lowest BCUT2D eigenvalue weighted by Gasteiger charge is -2.07. The molecule has 134 valence electrons. The number of nitrogens with two attached hydrogens (primary N) is 1. The number of aromatic amines is 1. The first-order valence-corrected chi connectivity index (χ1v) is 9.84. The summed E-state index contributed by atoms with van der Waals surface area (Å²) < 4.78 is 0. The third-order valence-electron chi connectivity index (χ3n) is 3.57. The standard InChI is InChI=1S/C17H16N4O3S2/c1-25-14-4-2-3-10(8-14)11-5-12(7-13(6-11)21-24)16-18-17(20-19-16)26-9-15(22)23/h2-8,21,24H,9H2,1H3,(H,22,23)(H,18,19,20)/p+1. The van der Waals surface area contributed by atoms with Crippen LogP contribution in [0.3, 0.4) is 0 Å². The van der Waals surface area contributed by atoms with Crippen LogP contribution in [0.25, 0.3) is 22.5 Å². The summed E-state index contributed by atoms with van der Waals surface area (Å²) in [6, 6.07) is 13.8. The number of rotatable bonds is 7. The van der Waals surface area contributed by atoms with Crippen molar-refractivity contribution in [2.75, 3.05) is 12.0 Å². The zero-order chi connectivity index (χ0) is 18.5. The van der Waals surface area contributed by atoms with Gasteiger partial charge in [-0.15, -0.1) is 16.9 Å². The maximum atomic E-state index is 10.7. The Labute approximate surface area is 158 Å². The number of aromatic nitrogens is 3. The van der Waals surface area contributed by atoms with E-state index in [9.17, 15) is 10.0 Å². The number of quaternary nitrogens is 1. The molecule has 0 saturated carbocycles. The molecule has 0 radical (unpaired) electrons. The van der Waals surface area contributed by atoms with E-state index in [0.29, 0.717) is 16.7 Å². The van der Waals surface area contributed by atoms with Crippen LogP contribution < -0.4 is 5.48 Å². The lowest BCUT2D eigenvalue weighted by atomic mass is 10.0. The van der Waals surface area contributed by atoms with Crippen molar-refractivity contribution in [2.45, 2.75) is 10.1 Å². The number of carbonyl (C=O) groups is 1. The lowest BCUT2D eigenvalue weighted by molar-refractivity contribution is -0.825. The first-order valence-electron chi connectivity index (χ1n) is 7.63. The topological polar surface area (TPSA) is 116 Å². The van der Waals surface area contributed by atoms with Crippen molar-refractivity contribution in [1.29, 1.82) is 0 Å². The highest BCUT2D eigenvalue weighted by Gasteiger charge is 2.12. The monoisotopic (exact) mass is 389 g/mol. The van der Waals surface area contributed by atoms with Crippen LogP contribution in [0.15, 0.2) is 52.5 Å². The fourth-order valence-electron chi connectivity index (χ4n) is 2.40. The van der Waals surface area contributed by atoms with Crippen LogP contribution in [-0.4, -0.2) is 43.5 Å². The second kappa shape index (κ2) is 8.37. The van der Waals surface area contributed by atoms with Gasteiger partial charge in [0.25, 0.3) is 0 Å². The van der Waals surface area contributed by atoms with Crippen molar-refractivity contribution in [3.05, 3.63) is 42.5 Å². The molecule has 26 heavy (non-hydrogen) atoms. The van der Waals surface area contributed by atoms with E-state index in [1.807, 2.05) is 36.6 Å². The van der Waals surface area contributed by atoms with Gasteiger partial charge in [0.15, 0.2) is 11.5 Å². The highest BCUT2D eigenvalue weighted by Crippen LogP contribution is 2.30. The molecule has 0 spiro atoms. The van der Waals surface area contributed by atoms with Gasteiger partial charge in [0, 0.05) is 22.6 Å². The second-order valence-corrected chi connectivity index (χ2v) is 7.18. The number of carboxylic acids is 1. The molecule has 0 aliphatic carbocycles. The van der Waals surface area contributed by atoms with E-state index in [0.717, 1.165) is 38.8 Å². The first-order chi connectivity index (χ1) is 12.6. The summed E-state index contributed by atoms with van der Waals surface area (Å²) in [7, 11) is 0. The van der Waals surface area contributed by atoms with Crippen LogP contribution in [0.2, 0.25) is 0 Å². The van der Waals surface area contributed by atoms with Crippen molar-refractivity contribution in [3.8, 4) is 22.5 Å². The summed E-state index contributed by atoms with van der Waals surface area (Å²) in [6.45, 7) is 0. The van der Waals surface area contributed by atoms with Gasteiger partial charge in [0.05, 0.1) is 5.75 Å². The number of hydrogen-bond donors (Lipinski definition) is 4. The molecule has 0 saturated heterocycles. The van der Waals surface area contributed by atoms with Crippen LogP contribution in [0.5, 0.6) is 0 Å². The number of hydrogen-bond acceptors (Lipinski definition) is 6. The predicted molar refractivity (Wildman–Crippen MR) is 101 cm³/mol. The molecule has 7 nitrogen and oxygen atoms in total. The molecule has 3 rings (SSSR count). The summed E-state index contributed by atoms with van der Waals surface area (Å²) in [5.74, 6) is -0.507. The van der Waals surface area contributed by atoms with E-state index in [4.69, 9.17) is 5.11 Å². The van der Waals surface area contributed by atoms with Crippen LogP contribution >= 0.6 is 23.5 Å². The Balaban J connectivity index is 1.96. The SMILES string of the molecule is CSc1cccc(-c2cc([NH2+]O)cc(-c3nc(SCC(=O)O)n[nH]3)c2)c1. The first kappa shape index (κ1) is 18.5. The third-order valence-corrected chi connectivity index (χ3v) is 5.13. The summed E-state index contributed by atoms with van der Waals surface area (Å²) in [6.07, 6.45) is 2.02. The second-order valence-electron chi connectivity index (χ2n) is 5.35. The molecule has 2 aromatic carbocycles. The number of benzene rings is 2. The normalized spacial score (nSPS) is 10.8. The number of nitrogens with one attached hydrogen (secondary N) is 1. The third kappa shape index (κ3) is 4.44. The van der Waals surface area contributed by atoms with E-state index < -0.39 is 5.97 Å². The summed E-state index contributed by atoms with van der Waals surface area (Å²) in [5, 5.41) is 25.5. The van der Waals surface area contributed by atoms with Gasteiger partial charge in [0.1, 0.15) is 0 Å². The molecule has 0 atom stereocenters. The fraction of sp³-hybridized carbons (Fsp3) is 0.118. The Morgan fingerprint density at radius 2 is 2.00 bits per heavy atom. The van der Waals surface area contributed by atoms with E-state index >= 15 is 0 Å². The fourth-order valence-corrected chi connectivity index (χ4v) is 3.38. The number of aliphatic carboxylic acids is 1. The van der Waals surface area contributed by atoms with Crippen LogP contribution in [0.4, 0.5) is 5.69 Å². The average Bonchev–Trinajstić information content (AvgIpc) is 3.15. The van der Waals surface area contributed by atoms with Gasteiger partial charge >= 0.3 is 5.97 Å². The average molecular weight is 389 g/mol. The Morgan fingerprint density at radius 1 is 1.19 bits per heavy atom. The van der Waals surface area contributed by atoms with Crippen molar-refractivity contribution < 1.29 is 20.6 Å². The zero-order valence-corrected chi connectivity index (χ0v) is 15.5. The molecule has 5 N–H and O–H groups in total. The minimum atomic E-state index is -0.922. The van der Waals surface area contributed by atoms with Gasteiger partial charge in [-0.3, -0.25) is 9.89 Å². The molecule has 3 aromatic rings. The molecule has 0 amide bonds. The van der Waals surface area contributed by atoms with E-state index in [-0.39, 0.29) is 5.75 Å². The Hall–Kier alpha value is -2.33. The predicted octanol–water partition coefficient (Wildman–Crippen LogP) is 2.62. The smallest absolute Gasteiger partial charge is 0.313 e. The minimum absolute atomic E-state index is 0.103. The summed E-state index contributed by atoms with van der Waals surface area (Å²) >= 11 is 2.71. The zero-order valence-electron chi connectivity index (χ0n) is 13.8. The number of H-pyrrole nitrogens is 1. The molecule has 0 aliphatic heterocycles. The van der Waals surface area contributed by atoms with Gasteiger partial charge in [0.2, 0.25) is 5.16 Å². The van der Waals surface area contributed by atoms with Crippen LogP contribution in [0, 0.1) is 0 Å². The highest BCUT2D eigenvalue weighted by atomic mass is 32.2. The molecule has 0 bridgehead atoms. The molecule has 0 unspecified atom stereocenters. The van der Waals surface area contributed by atoms with E-state index in [1.165, 1.54) is 0 Å². The van der Waals surface area contributed by atoms with E-state index in [2.05, 4.69) is 21.2 Å². The quantitative estimate of drug-likeness (QED) is 0.279. The number of thioether (sulfide) groups is 2. The van der Waals surface area contributed by atoms with Crippen LogP contribution in [0.1, 0.15) is 0 Å². The van der Waals surface area contributed by atoms with Crippen molar-refractivity contribution in [3.63, 3.8) is 0 Å². The van der Waals surface area contributed by atoms with Gasteiger partial charge in [-0.1, -0.05) is 23.9 Å². The lowest BCUT2D eigenvalue weighted by Crippen LogP contribution is -2.73. The molecule has 1 aromatic heterocycles. The Morgan fingerprint density at radius 3 is 2.73 bits per heavy atom. The van der Waals surface area contributed by atoms with E-state index in [1.54, 1.807) is 17.8 Å². The minimum Gasteiger partial charge on any atom is -0.481 e.